The molecular weight excluding hydrogens is 386 g/mol. The molecule has 1 aromatic rings. The lowest BCUT2D eigenvalue weighted by Gasteiger charge is -2.28. The minimum absolute atomic E-state index is 0.381. The van der Waals surface area contributed by atoms with E-state index >= 15 is 0 Å². The zero-order valence-corrected chi connectivity index (χ0v) is 15.7. The summed E-state index contributed by atoms with van der Waals surface area (Å²) >= 11 is 4.72. The van der Waals surface area contributed by atoms with Crippen LogP contribution in [-0.4, -0.2) is 43.9 Å². The highest BCUT2D eigenvalue weighted by Crippen LogP contribution is 2.34. The van der Waals surface area contributed by atoms with Gasteiger partial charge in [0.1, 0.15) is 10.5 Å². The summed E-state index contributed by atoms with van der Waals surface area (Å²) in [5, 5.41) is 0. The van der Waals surface area contributed by atoms with Gasteiger partial charge in [0.15, 0.2) is 0 Å². The molecule has 0 radical (unpaired) electrons. The number of hydrogen-bond acceptors (Lipinski definition) is 6. The van der Waals surface area contributed by atoms with Crippen LogP contribution in [0.4, 0.5) is 10.5 Å². The van der Waals surface area contributed by atoms with Crippen molar-refractivity contribution in [2.75, 3.05) is 31.2 Å². The molecule has 1 aliphatic rings. The molecule has 1 aromatic heterocycles. The summed E-state index contributed by atoms with van der Waals surface area (Å²) in [5.74, 6) is -0.381. The molecule has 2 N–H and O–H groups in total. The molecule has 0 unspecified atom stereocenters. The Kier molecular flexibility index (Phi) is 5.88. The minimum atomic E-state index is -0.700. The quantitative estimate of drug-likeness (QED) is 0.738. The second-order valence-corrected chi connectivity index (χ2v) is 8.38. The van der Waals surface area contributed by atoms with E-state index in [1.807, 2.05) is 6.07 Å². The molecule has 2 heterocycles. The van der Waals surface area contributed by atoms with Crippen molar-refractivity contribution < 1.29 is 19.1 Å². The normalized spacial score (nSPS) is 15.2. The summed E-state index contributed by atoms with van der Waals surface area (Å²) in [4.78, 5) is 26.6. The van der Waals surface area contributed by atoms with Crippen LogP contribution in [0.1, 0.15) is 30.4 Å². The molecule has 1 aliphatic heterocycles. The number of carbonyl (C=O) groups excluding carboxylic acids is 2. The smallest absolute Gasteiger partial charge is 0.426 e. The Morgan fingerprint density at radius 2 is 1.96 bits per heavy atom. The van der Waals surface area contributed by atoms with Crippen LogP contribution < -0.4 is 15.8 Å². The first-order chi connectivity index (χ1) is 10.8. The summed E-state index contributed by atoms with van der Waals surface area (Å²) in [6.45, 7) is 7.96. The number of nitrogens with zero attached hydrogens (tertiary/aromatic N) is 1. The number of anilines is 1. The van der Waals surface area contributed by atoms with E-state index < -0.39 is 11.7 Å². The Labute approximate surface area is 147 Å². The molecule has 0 bridgehead atoms. The van der Waals surface area contributed by atoms with Crippen LogP contribution >= 0.6 is 27.3 Å². The van der Waals surface area contributed by atoms with Gasteiger partial charge in [-0.05, 0) is 42.8 Å². The summed E-state index contributed by atoms with van der Waals surface area (Å²) in [6.07, 6.45) is -0.700. The van der Waals surface area contributed by atoms with E-state index in [1.54, 1.807) is 20.8 Å². The molecule has 2 rings (SSSR count). The van der Waals surface area contributed by atoms with Gasteiger partial charge in [-0.3, -0.25) is 10.2 Å². The monoisotopic (exact) mass is 405 g/mol. The van der Waals surface area contributed by atoms with Gasteiger partial charge in [0, 0.05) is 13.1 Å². The lowest BCUT2D eigenvalue weighted by molar-refractivity contribution is 0.0484. The first-order valence-corrected chi connectivity index (χ1v) is 8.78. The van der Waals surface area contributed by atoms with Crippen molar-refractivity contribution in [3.05, 3.63) is 14.7 Å². The highest BCUT2D eigenvalue weighted by Gasteiger charge is 2.23. The maximum atomic E-state index is 12.3. The molecule has 0 spiro atoms. The van der Waals surface area contributed by atoms with Gasteiger partial charge in [-0.15, -0.1) is 11.3 Å². The van der Waals surface area contributed by atoms with Crippen LogP contribution in [0.2, 0.25) is 0 Å². The van der Waals surface area contributed by atoms with Crippen molar-refractivity contribution in [1.82, 2.24) is 10.9 Å². The molecule has 1 saturated heterocycles. The zero-order valence-electron chi connectivity index (χ0n) is 13.3. The van der Waals surface area contributed by atoms with Crippen LogP contribution in [0, 0.1) is 0 Å². The number of amides is 2. The molecule has 1 fully saturated rings. The molecule has 128 valence electrons. The molecule has 0 aromatic carbocycles. The molecule has 23 heavy (non-hydrogen) atoms. The standard InChI is InChI=1S/C14H20BrN3O4S/c1-14(2,3)22-13(20)17-16-12(19)11-9(8-10(15)23-11)18-4-6-21-7-5-18/h8H,4-7H2,1-3H3,(H,16,19)(H,17,20). The predicted octanol–water partition coefficient (Wildman–Crippen LogP) is 2.52. The predicted molar refractivity (Wildman–Crippen MR) is 91.9 cm³/mol. The Morgan fingerprint density at radius 1 is 1.30 bits per heavy atom. The lowest BCUT2D eigenvalue weighted by atomic mass is 10.2. The fourth-order valence-corrected chi connectivity index (χ4v) is 3.53. The SMILES string of the molecule is CC(C)(C)OC(=O)NNC(=O)c1sc(Br)cc1N1CCOCC1. The van der Waals surface area contributed by atoms with Gasteiger partial charge in [0.2, 0.25) is 0 Å². The Morgan fingerprint density at radius 3 is 2.57 bits per heavy atom. The van der Waals surface area contributed by atoms with Gasteiger partial charge in [-0.2, -0.15) is 0 Å². The largest absolute Gasteiger partial charge is 0.443 e. The number of carbonyl (C=O) groups is 2. The summed E-state index contributed by atoms with van der Waals surface area (Å²) in [5.41, 5.74) is 4.85. The third-order valence-electron chi connectivity index (χ3n) is 2.92. The molecule has 0 atom stereocenters. The van der Waals surface area contributed by atoms with E-state index in [0.29, 0.717) is 18.1 Å². The number of morpholine rings is 1. The van der Waals surface area contributed by atoms with E-state index in [9.17, 15) is 9.59 Å². The highest BCUT2D eigenvalue weighted by molar-refractivity contribution is 9.11. The molecule has 0 saturated carbocycles. The summed E-state index contributed by atoms with van der Waals surface area (Å²) in [7, 11) is 0. The average Bonchev–Trinajstić information content (AvgIpc) is 2.86. The van der Waals surface area contributed by atoms with E-state index in [1.165, 1.54) is 11.3 Å². The molecule has 9 heteroatoms. The average molecular weight is 406 g/mol. The number of nitrogens with one attached hydrogen (secondary N) is 2. The van der Waals surface area contributed by atoms with Gasteiger partial charge in [-0.25, -0.2) is 10.2 Å². The molecule has 0 aliphatic carbocycles. The van der Waals surface area contributed by atoms with Crippen LogP contribution in [0.5, 0.6) is 0 Å². The number of rotatable bonds is 2. The molecule has 2 amide bonds. The second kappa shape index (κ2) is 7.50. The first-order valence-electron chi connectivity index (χ1n) is 7.17. The van der Waals surface area contributed by atoms with E-state index in [0.717, 1.165) is 22.6 Å². The maximum Gasteiger partial charge on any atom is 0.426 e. The zero-order chi connectivity index (χ0) is 17.0. The van der Waals surface area contributed by atoms with Crippen LogP contribution in [0.15, 0.2) is 9.85 Å². The number of thiophene rings is 1. The number of hydrogen-bond donors (Lipinski definition) is 2. The van der Waals surface area contributed by atoms with Gasteiger partial charge in [-0.1, -0.05) is 0 Å². The summed E-state index contributed by atoms with van der Waals surface area (Å²) < 4.78 is 11.3. The molecular formula is C14H20BrN3O4S. The fourth-order valence-electron chi connectivity index (χ4n) is 2.02. The second-order valence-electron chi connectivity index (χ2n) is 5.95. The Hall–Kier alpha value is -1.32. The number of ether oxygens (including phenoxy) is 2. The summed E-state index contributed by atoms with van der Waals surface area (Å²) in [6, 6.07) is 1.90. The lowest BCUT2D eigenvalue weighted by Crippen LogP contribution is -2.44. The number of hydrazine groups is 1. The third-order valence-corrected chi connectivity index (χ3v) is 4.54. The van der Waals surface area contributed by atoms with Gasteiger partial charge in [0.05, 0.1) is 22.7 Å². The maximum absolute atomic E-state index is 12.3. The Balaban J connectivity index is 2.00. The first kappa shape index (κ1) is 18.0. The van der Waals surface area contributed by atoms with Crippen molar-refractivity contribution in [3.63, 3.8) is 0 Å². The van der Waals surface area contributed by atoms with Crippen molar-refractivity contribution in [2.24, 2.45) is 0 Å². The fraction of sp³-hybridized carbons (Fsp3) is 0.571. The topological polar surface area (TPSA) is 79.9 Å². The molecule has 7 nitrogen and oxygen atoms in total. The van der Waals surface area contributed by atoms with Crippen LogP contribution in [0.25, 0.3) is 0 Å². The number of halogens is 1. The van der Waals surface area contributed by atoms with Gasteiger partial charge < -0.3 is 14.4 Å². The highest BCUT2D eigenvalue weighted by atomic mass is 79.9. The Bertz CT molecular complexity index is 579. The van der Waals surface area contributed by atoms with Crippen molar-refractivity contribution in [3.8, 4) is 0 Å². The van der Waals surface area contributed by atoms with Crippen molar-refractivity contribution in [2.45, 2.75) is 26.4 Å². The van der Waals surface area contributed by atoms with E-state index in [-0.39, 0.29) is 5.91 Å². The van der Waals surface area contributed by atoms with E-state index in [2.05, 4.69) is 31.7 Å². The van der Waals surface area contributed by atoms with Crippen molar-refractivity contribution in [1.29, 1.82) is 0 Å². The van der Waals surface area contributed by atoms with Gasteiger partial charge in [0.25, 0.3) is 5.91 Å². The van der Waals surface area contributed by atoms with Crippen LogP contribution in [0.3, 0.4) is 0 Å². The van der Waals surface area contributed by atoms with Gasteiger partial charge >= 0.3 is 6.09 Å². The minimum Gasteiger partial charge on any atom is -0.443 e. The van der Waals surface area contributed by atoms with Crippen molar-refractivity contribution >= 4 is 45.0 Å². The van der Waals surface area contributed by atoms with E-state index in [4.69, 9.17) is 9.47 Å². The van der Waals surface area contributed by atoms with Crippen LogP contribution in [-0.2, 0) is 9.47 Å². The third kappa shape index (κ3) is 5.36.